The maximum Gasteiger partial charge on any atom is 0.218 e. The highest BCUT2D eigenvalue weighted by molar-refractivity contribution is 7.88. The summed E-state index contributed by atoms with van der Waals surface area (Å²) in [6, 6.07) is 7.87. The summed E-state index contributed by atoms with van der Waals surface area (Å²) in [6.07, 6.45) is 2.89. The lowest BCUT2D eigenvalue weighted by molar-refractivity contribution is 0.176. The number of piperidine rings is 1. The van der Waals surface area contributed by atoms with E-state index in [0.29, 0.717) is 24.4 Å². The minimum atomic E-state index is -3.79. The van der Waals surface area contributed by atoms with E-state index in [1.54, 1.807) is 6.07 Å². The normalized spacial score (nSPS) is 17.8. The number of rotatable bonds is 6. The number of aromatic nitrogens is 1. The molecule has 0 aliphatic carbocycles. The number of ether oxygens (including phenoxy) is 1. The van der Waals surface area contributed by atoms with Crippen molar-refractivity contribution in [2.45, 2.75) is 18.6 Å². The predicted octanol–water partition coefficient (Wildman–Crippen LogP) is 2.85. The maximum atomic E-state index is 13.8. The van der Waals surface area contributed by atoms with Crippen molar-refractivity contribution in [3.05, 3.63) is 59.3 Å². The first-order valence-electron chi connectivity index (χ1n) is 8.78. The molecule has 1 fully saturated rings. The Morgan fingerprint density at radius 2 is 2.11 bits per heavy atom. The third-order valence-electron chi connectivity index (χ3n) is 4.55. The summed E-state index contributed by atoms with van der Waals surface area (Å²) in [4.78, 5) is 4.03. The van der Waals surface area contributed by atoms with E-state index in [9.17, 15) is 17.2 Å². The minimum absolute atomic E-state index is 0.0616. The summed E-state index contributed by atoms with van der Waals surface area (Å²) in [5, 5.41) is 8.90. The first-order valence-corrected chi connectivity index (χ1v) is 10.4. The molecule has 1 unspecified atom stereocenters. The zero-order valence-electron chi connectivity index (χ0n) is 15.0. The van der Waals surface area contributed by atoms with Crippen LogP contribution in [0, 0.1) is 28.9 Å². The third kappa shape index (κ3) is 5.03. The van der Waals surface area contributed by atoms with Crippen molar-refractivity contribution in [2.75, 3.05) is 19.7 Å². The van der Waals surface area contributed by atoms with E-state index in [4.69, 9.17) is 10.00 Å². The van der Waals surface area contributed by atoms with Gasteiger partial charge in [0.15, 0.2) is 0 Å². The second kappa shape index (κ2) is 8.63. The molecule has 0 spiro atoms. The van der Waals surface area contributed by atoms with Crippen molar-refractivity contribution in [1.82, 2.24) is 9.29 Å². The molecule has 1 saturated heterocycles. The zero-order chi connectivity index (χ0) is 20.1. The Hall–Kier alpha value is -2.57. The molecule has 1 aliphatic heterocycles. The van der Waals surface area contributed by atoms with Crippen LogP contribution in [0.2, 0.25) is 0 Å². The highest BCUT2D eigenvalue weighted by Crippen LogP contribution is 2.23. The molecular formula is C19H19F2N3O3S. The Kier molecular flexibility index (Phi) is 6.21. The van der Waals surface area contributed by atoms with Gasteiger partial charge in [0.2, 0.25) is 15.9 Å². The van der Waals surface area contributed by atoms with Gasteiger partial charge in [-0.3, -0.25) is 0 Å². The van der Waals surface area contributed by atoms with Crippen molar-refractivity contribution in [3.8, 4) is 11.9 Å². The van der Waals surface area contributed by atoms with Crippen LogP contribution in [0.4, 0.5) is 8.78 Å². The standard InChI is InChI=1S/C19H19F2N3O3S/c20-17-3-4-18(21)16(9-17)13-28(25,26)24-7-1-2-15(11-24)12-27-19-8-14(10-22)5-6-23-19/h3-6,8-9,15H,1-2,7,11-13H2. The first-order chi connectivity index (χ1) is 13.4. The quantitative estimate of drug-likeness (QED) is 0.735. The smallest absolute Gasteiger partial charge is 0.218 e. The second-order valence-electron chi connectivity index (χ2n) is 6.66. The van der Waals surface area contributed by atoms with Crippen LogP contribution in [0.3, 0.4) is 0 Å². The molecule has 6 nitrogen and oxygen atoms in total. The van der Waals surface area contributed by atoms with Gasteiger partial charge in [-0.15, -0.1) is 0 Å². The van der Waals surface area contributed by atoms with E-state index in [-0.39, 0.29) is 24.6 Å². The van der Waals surface area contributed by atoms with Crippen LogP contribution in [0.1, 0.15) is 24.0 Å². The second-order valence-corrected chi connectivity index (χ2v) is 8.63. The van der Waals surface area contributed by atoms with Gasteiger partial charge in [-0.25, -0.2) is 26.5 Å². The van der Waals surface area contributed by atoms with Crippen LogP contribution >= 0.6 is 0 Å². The molecule has 1 aromatic heterocycles. The highest BCUT2D eigenvalue weighted by Gasteiger charge is 2.30. The molecule has 148 valence electrons. The van der Waals surface area contributed by atoms with Gasteiger partial charge in [-0.05, 0) is 37.1 Å². The minimum Gasteiger partial charge on any atom is -0.477 e. The molecule has 2 aromatic rings. The van der Waals surface area contributed by atoms with Crippen LogP contribution in [0.25, 0.3) is 0 Å². The van der Waals surface area contributed by atoms with E-state index in [1.165, 1.54) is 16.6 Å². The van der Waals surface area contributed by atoms with E-state index < -0.39 is 27.4 Å². The Balaban J connectivity index is 1.63. The molecule has 0 bridgehead atoms. The number of sulfonamides is 1. The van der Waals surface area contributed by atoms with Crippen LogP contribution < -0.4 is 4.74 Å². The van der Waals surface area contributed by atoms with Crippen LogP contribution in [0.15, 0.2) is 36.5 Å². The van der Waals surface area contributed by atoms with Crippen molar-refractivity contribution in [1.29, 1.82) is 5.26 Å². The van der Waals surface area contributed by atoms with Crippen molar-refractivity contribution in [3.63, 3.8) is 0 Å². The molecule has 9 heteroatoms. The molecule has 2 heterocycles. The number of nitrogens with zero attached hydrogens (tertiary/aromatic N) is 3. The lowest BCUT2D eigenvalue weighted by Crippen LogP contribution is -2.42. The number of halogens is 2. The topological polar surface area (TPSA) is 83.3 Å². The Labute approximate surface area is 162 Å². The highest BCUT2D eigenvalue weighted by atomic mass is 32.2. The van der Waals surface area contributed by atoms with Crippen LogP contribution in [-0.2, 0) is 15.8 Å². The van der Waals surface area contributed by atoms with Crippen molar-refractivity contribution < 1.29 is 21.9 Å². The summed E-state index contributed by atoms with van der Waals surface area (Å²) in [7, 11) is -3.79. The fourth-order valence-corrected chi connectivity index (χ4v) is 4.76. The SMILES string of the molecule is N#Cc1ccnc(OCC2CCCN(S(=O)(=O)Cc3cc(F)ccc3F)C2)c1. The number of benzene rings is 1. The molecule has 0 amide bonds. The fraction of sp³-hybridized carbons (Fsp3) is 0.368. The van der Waals surface area contributed by atoms with Crippen LogP contribution in [-0.4, -0.2) is 37.4 Å². The largest absolute Gasteiger partial charge is 0.477 e. The van der Waals surface area contributed by atoms with Gasteiger partial charge >= 0.3 is 0 Å². The Bertz CT molecular complexity index is 992. The van der Waals surface area contributed by atoms with Gasteiger partial charge < -0.3 is 4.74 Å². The third-order valence-corrected chi connectivity index (χ3v) is 6.35. The molecule has 1 atom stereocenters. The van der Waals surface area contributed by atoms with Crippen molar-refractivity contribution >= 4 is 10.0 Å². The molecule has 0 N–H and O–H groups in total. The summed E-state index contributed by atoms with van der Waals surface area (Å²) >= 11 is 0. The van der Waals surface area contributed by atoms with Crippen LogP contribution in [0.5, 0.6) is 5.88 Å². The number of pyridine rings is 1. The Morgan fingerprint density at radius 1 is 1.29 bits per heavy atom. The van der Waals surface area contributed by atoms with Gasteiger partial charge in [0.1, 0.15) is 11.6 Å². The summed E-state index contributed by atoms with van der Waals surface area (Å²) < 4.78 is 59.4. The molecule has 0 radical (unpaired) electrons. The summed E-state index contributed by atoms with van der Waals surface area (Å²) in [5.41, 5.74) is 0.242. The van der Waals surface area contributed by atoms with Gasteiger partial charge in [-0.2, -0.15) is 5.26 Å². The predicted molar refractivity (Wildman–Crippen MR) is 97.7 cm³/mol. The van der Waals surface area contributed by atoms with Gasteiger partial charge in [0, 0.05) is 36.8 Å². The molecule has 1 aliphatic rings. The van der Waals surface area contributed by atoms with Gasteiger partial charge in [-0.1, -0.05) is 0 Å². The molecule has 3 rings (SSSR count). The fourth-order valence-electron chi connectivity index (χ4n) is 3.12. The number of hydrogen-bond acceptors (Lipinski definition) is 5. The van der Waals surface area contributed by atoms with Crippen molar-refractivity contribution in [2.24, 2.45) is 5.92 Å². The first kappa shape index (κ1) is 20.2. The molecular weight excluding hydrogens is 388 g/mol. The van der Waals surface area contributed by atoms with Gasteiger partial charge in [0.25, 0.3) is 0 Å². The van der Waals surface area contributed by atoms with Gasteiger partial charge in [0.05, 0.1) is 24.0 Å². The number of nitriles is 1. The lowest BCUT2D eigenvalue weighted by Gasteiger charge is -2.31. The maximum absolute atomic E-state index is 13.8. The van der Waals surface area contributed by atoms with E-state index >= 15 is 0 Å². The summed E-state index contributed by atoms with van der Waals surface area (Å²) in [5.74, 6) is -1.76. The monoisotopic (exact) mass is 407 g/mol. The average molecular weight is 407 g/mol. The average Bonchev–Trinajstić information content (AvgIpc) is 2.69. The van der Waals surface area contributed by atoms with E-state index in [1.807, 2.05) is 6.07 Å². The van der Waals surface area contributed by atoms with E-state index in [0.717, 1.165) is 24.6 Å². The Morgan fingerprint density at radius 3 is 2.89 bits per heavy atom. The number of hydrogen-bond donors (Lipinski definition) is 0. The van der Waals surface area contributed by atoms with E-state index in [2.05, 4.69) is 4.98 Å². The molecule has 1 aromatic carbocycles. The summed E-state index contributed by atoms with van der Waals surface area (Å²) in [6.45, 7) is 0.817. The zero-order valence-corrected chi connectivity index (χ0v) is 15.8. The lowest BCUT2D eigenvalue weighted by atomic mass is 10.0. The molecule has 0 saturated carbocycles. The molecule has 28 heavy (non-hydrogen) atoms.